The smallest absolute Gasteiger partial charge is 0.268 e. The SMILES string of the molecule is O=C1NCc2c1c1c3ccc(Cl)cc3[nH]c1c1c2c2ccccc2n1S(=O)(=O)c1ccccc1. The molecule has 0 spiro atoms. The van der Waals surface area contributed by atoms with Crippen molar-refractivity contribution in [2.45, 2.75) is 11.4 Å². The fourth-order valence-electron chi connectivity index (χ4n) is 5.26. The molecular formula is C26H16ClN3O3S. The molecule has 166 valence electrons. The molecule has 8 heteroatoms. The summed E-state index contributed by atoms with van der Waals surface area (Å²) in [4.78, 5) is 16.6. The summed E-state index contributed by atoms with van der Waals surface area (Å²) in [5.74, 6) is -0.166. The first-order chi connectivity index (χ1) is 16.5. The average molecular weight is 486 g/mol. The summed E-state index contributed by atoms with van der Waals surface area (Å²) in [5.41, 5.74) is 3.82. The number of H-pyrrole nitrogens is 1. The minimum absolute atomic E-state index is 0.166. The maximum Gasteiger partial charge on any atom is 0.268 e. The van der Waals surface area contributed by atoms with Crippen LogP contribution in [0, 0.1) is 0 Å². The molecule has 4 aromatic carbocycles. The number of hydrogen-bond acceptors (Lipinski definition) is 3. The normalized spacial score (nSPS) is 13.9. The van der Waals surface area contributed by atoms with E-state index >= 15 is 0 Å². The highest BCUT2D eigenvalue weighted by atomic mass is 35.5. The van der Waals surface area contributed by atoms with Crippen LogP contribution >= 0.6 is 11.6 Å². The lowest BCUT2D eigenvalue weighted by Crippen LogP contribution is -2.13. The van der Waals surface area contributed by atoms with Crippen LogP contribution in [-0.4, -0.2) is 23.3 Å². The van der Waals surface area contributed by atoms with Gasteiger partial charge in [-0.3, -0.25) is 4.79 Å². The molecule has 0 aliphatic carbocycles. The monoisotopic (exact) mass is 485 g/mol. The number of hydrogen-bond donors (Lipinski definition) is 2. The number of aromatic nitrogens is 2. The van der Waals surface area contributed by atoms with Gasteiger partial charge in [0.1, 0.15) is 0 Å². The number of amides is 1. The van der Waals surface area contributed by atoms with E-state index < -0.39 is 10.0 Å². The molecule has 1 aliphatic rings. The first kappa shape index (κ1) is 19.6. The molecule has 3 heterocycles. The van der Waals surface area contributed by atoms with E-state index in [-0.39, 0.29) is 10.8 Å². The predicted octanol–water partition coefficient (Wildman–Crippen LogP) is 5.56. The average Bonchev–Trinajstić information content (AvgIpc) is 3.50. The standard InChI is InChI=1S/C26H16ClN3O3S/c27-14-10-11-16-19(12-14)29-24-22(16)23-18(13-28-26(23)31)21-17-8-4-5-9-20(17)30(25(21)24)34(32,33)15-6-2-1-3-7-15/h1-12,29H,13H2,(H,28,31). The van der Waals surface area contributed by atoms with Crippen molar-refractivity contribution >= 4 is 71.1 Å². The molecule has 0 saturated heterocycles. The number of halogens is 1. The van der Waals surface area contributed by atoms with Crippen LogP contribution in [0.4, 0.5) is 0 Å². The molecule has 2 aromatic heterocycles. The molecular weight excluding hydrogens is 470 g/mol. The first-order valence-electron chi connectivity index (χ1n) is 10.7. The number of carbonyl (C=O) groups excluding carboxylic acids is 1. The number of nitrogens with zero attached hydrogens (tertiary/aromatic N) is 1. The number of nitrogens with one attached hydrogen (secondary N) is 2. The Bertz CT molecular complexity index is 1950. The topological polar surface area (TPSA) is 84.0 Å². The highest BCUT2D eigenvalue weighted by Crippen LogP contribution is 2.44. The van der Waals surface area contributed by atoms with Crippen molar-refractivity contribution in [2.24, 2.45) is 0 Å². The Morgan fingerprint density at radius 1 is 0.882 bits per heavy atom. The third-order valence-corrected chi connectivity index (χ3v) is 8.58. The third kappa shape index (κ3) is 2.40. The van der Waals surface area contributed by atoms with Crippen molar-refractivity contribution in [3.05, 3.63) is 88.9 Å². The van der Waals surface area contributed by atoms with E-state index in [1.165, 1.54) is 3.97 Å². The van der Waals surface area contributed by atoms with Gasteiger partial charge >= 0.3 is 0 Å². The summed E-state index contributed by atoms with van der Waals surface area (Å²) >= 11 is 6.26. The molecule has 0 unspecified atom stereocenters. The quantitative estimate of drug-likeness (QED) is 0.336. The van der Waals surface area contributed by atoms with Gasteiger partial charge in [0.25, 0.3) is 15.9 Å². The Labute approximate surface area is 198 Å². The van der Waals surface area contributed by atoms with Gasteiger partial charge < -0.3 is 10.3 Å². The van der Waals surface area contributed by atoms with Crippen LogP contribution in [0.25, 0.3) is 43.6 Å². The van der Waals surface area contributed by atoms with Gasteiger partial charge in [0.15, 0.2) is 0 Å². The summed E-state index contributed by atoms with van der Waals surface area (Å²) in [7, 11) is -3.95. The Morgan fingerprint density at radius 3 is 2.47 bits per heavy atom. The Kier molecular flexibility index (Phi) is 3.82. The van der Waals surface area contributed by atoms with Crippen LogP contribution in [0.3, 0.4) is 0 Å². The number of rotatable bonds is 2. The van der Waals surface area contributed by atoms with Crippen molar-refractivity contribution in [3.63, 3.8) is 0 Å². The molecule has 1 aliphatic heterocycles. The molecule has 0 fully saturated rings. The molecule has 6 aromatic rings. The second-order valence-electron chi connectivity index (χ2n) is 8.42. The summed E-state index contributed by atoms with van der Waals surface area (Å²) < 4.78 is 29.5. The number of fused-ring (bicyclic) bond motifs is 10. The van der Waals surface area contributed by atoms with Gasteiger partial charge in [0.05, 0.1) is 27.0 Å². The van der Waals surface area contributed by atoms with E-state index in [1.807, 2.05) is 24.3 Å². The number of para-hydroxylation sites is 1. The Balaban J connectivity index is 1.81. The van der Waals surface area contributed by atoms with E-state index in [2.05, 4.69) is 10.3 Å². The van der Waals surface area contributed by atoms with Crippen LogP contribution in [0.15, 0.2) is 77.7 Å². The van der Waals surface area contributed by atoms with E-state index in [1.54, 1.807) is 48.5 Å². The zero-order chi connectivity index (χ0) is 23.2. The zero-order valence-corrected chi connectivity index (χ0v) is 19.2. The van der Waals surface area contributed by atoms with Crippen molar-refractivity contribution < 1.29 is 13.2 Å². The lowest BCUT2D eigenvalue weighted by atomic mass is 9.97. The van der Waals surface area contributed by atoms with Gasteiger partial charge in [-0.2, -0.15) is 0 Å². The maximum atomic E-state index is 14.0. The van der Waals surface area contributed by atoms with Gasteiger partial charge in [0.2, 0.25) is 0 Å². The summed E-state index contributed by atoms with van der Waals surface area (Å²) in [6.45, 7) is 0.334. The molecule has 1 amide bonds. The van der Waals surface area contributed by atoms with Gasteiger partial charge in [-0.1, -0.05) is 54.1 Å². The van der Waals surface area contributed by atoms with E-state index in [9.17, 15) is 13.2 Å². The molecule has 7 rings (SSSR count). The van der Waals surface area contributed by atoms with Crippen molar-refractivity contribution in [3.8, 4) is 0 Å². The molecule has 2 N–H and O–H groups in total. The van der Waals surface area contributed by atoms with Crippen LogP contribution in [0.1, 0.15) is 15.9 Å². The Morgan fingerprint density at radius 2 is 1.65 bits per heavy atom. The van der Waals surface area contributed by atoms with Crippen LogP contribution < -0.4 is 5.32 Å². The molecule has 0 radical (unpaired) electrons. The fourth-order valence-corrected chi connectivity index (χ4v) is 6.98. The fraction of sp³-hybridized carbons (Fsp3) is 0.0385. The van der Waals surface area contributed by atoms with E-state index in [0.717, 1.165) is 27.2 Å². The second kappa shape index (κ2) is 6.62. The minimum Gasteiger partial charge on any atom is -0.353 e. The van der Waals surface area contributed by atoms with Gasteiger partial charge in [-0.25, -0.2) is 12.4 Å². The number of benzene rings is 4. The van der Waals surface area contributed by atoms with Crippen molar-refractivity contribution in [2.75, 3.05) is 0 Å². The number of carbonyl (C=O) groups is 1. The second-order valence-corrected chi connectivity index (χ2v) is 10.6. The molecule has 0 bridgehead atoms. The van der Waals surface area contributed by atoms with Crippen molar-refractivity contribution in [1.29, 1.82) is 0 Å². The van der Waals surface area contributed by atoms with Crippen LogP contribution in [0.2, 0.25) is 5.02 Å². The van der Waals surface area contributed by atoms with E-state index in [4.69, 9.17) is 11.6 Å². The van der Waals surface area contributed by atoms with Gasteiger partial charge in [-0.15, -0.1) is 0 Å². The van der Waals surface area contributed by atoms with Gasteiger partial charge in [0, 0.05) is 38.6 Å². The molecule has 0 saturated carbocycles. The highest BCUT2D eigenvalue weighted by molar-refractivity contribution is 7.90. The zero-order valence-electron chi connectivity index (χ0n) is 17.6. The largest absolute Gasteiger partial charge is 0.353 e. The lowest BCUT2D eigenvalue weighted by molar-refractivity contribution is 0.0967. The summed E-state index contributed by atoms with van der Waals surface area (Å²) in [6, 6.07) is 21.2. The summed E-state index contributed by atoms with van der Waals surface area (Å²) in [6.07, 6.45) is 0. The molecule has 34 heavy (non-hydrogen) atoms. The predicted molar refractivity (Wildman–Crippen MR) is 134 cm³/mol. The lowest BCUT2D eigenvalue weighted by Gasteiger charge is -2.11. The number of aromatic amines is 1. The van der Waals surface area contributed by atoms with Crippen molar-refractivity contribution in [1.82, 2.24) is 14.3 Å². The maximum absolute atomic E-state index is 14.0. The summed E-state index contributed by atoms with van der Waals surface area (Å²) in [5, 5.41) is 6.56. The third-order valence-electron chi connectivity index (χ3n) is 6.62. The first-order valence-corrected chi connectivity index (χ1v) is 12.6. The van der Waals surface area contributed by atoms with Crippen LogP contribution in [0.5, 0.6) is 0 Å². The molecule has 6 nitrogen and oxygen atoms in total. The van der Waals surface area contributed by atoms with Gasteiger partial charge in [-0.05, 0) is 35.9 Å². The van der Waals surface area contributed by atoms with E-state index in [0.29, 0.717) is 39.1 Å². The Hall–Kier alpha value is -3.81. The minimum atomic E-state index is -3.95. The molecule has 0 atom stereocenters. The van der Waals surface area contributed by atoms with Crippen LogP contribution in [-0.2, 0) is 16.6 Å². The highest BCUT2D eigenvalue weighted by Gasteiger charge is 2.33.